The Morgan fingerprint density at radius 3 is 2.84 bits per heavy atom. The van der Waals surface area contributed by atoms with Crippen molar-refractivity contribution in [3.05, 3.63) is 53.6 Å². The summed E-state index contributed by atoms with van der Waals surface area (Å²) in [5.74, 6) is 2.64. The molecule has 130 valence electrons. The van der Waals surface area contributed by atoms with Crippen LogP contribution in [-0.4, -0.2) is 27.5 Å². The fourth-order valence-corrected chi connectivity index (χ4v) is 4.21. The van der Waals surface area contributed by atoms with Crippen LogP contribution in [0.25, 0.3) is 0 Å². The van der Waals surface area contributed by atoms with E-state index in [9.17, 15) is 5.26 Å². The highest BCUT2D eigenvalue weighted by Crippen LogP contribution is 2.31. The predicted octanol–water partition coefficient (Wildman–Crippen LogP) is 3.93. The second kappa shape index (κ2) is 7.41. The van der Waals surface area contributed by atoms with Gasteiger partial charge in [-0.1, -0.05) is 24.6 Å². The van der Waals surface area contributed by atoms with Crippen LogP contribution in [0.5, 0.6) is 0 Å². The highest BCUT2D eigenvalue weighted by atomic mass is 15.1. The summed E-state index contributed by atoms with van der Waals surface area (Å²) in [5.41, 5.74) is 1.94. The highest BCUT2D eigenvalue weighted by molar-refractivity contribution is 5.37. The van der Waals surface area contributed by atoms with E-state index in [0.717, 1.165) is 43.2 Å². The van der Waals surface area contributed by atoms with Crippen molar-refractivity contribution in [1.82, 2.24) is 14.5 Å². The van der Waals surface area contributed by atoms with E-state index in [1.807, 2.05) is 24.4 Å². The largest absolute Gasteiger partial charge is 0.334 e. The third-order valence-electron chi connectivity index (χ3n) is 5.83. The summed E-state index contributed by atoms with van der Waals surface area (Å²) in [6.07, 6.45) is 10.7. The third-order valence-corrected chi connectivity index (χ3v) is 5.83. The van der Waals surface area contributed by atoms with Gasteiger partial charge >= 0.3 is 0 Å². The Balaban J connectivity index is 1.44. The number of piperidine rings is 1. The van der Waals surface area contributed by atoms with Gasteiger partial charge in [0.15, 0.2) is 0 Å². The fraction of sp³-hybridized carbons (Fsp3) is 0.524. The molecule has 1 aromatic carbocycles. The Hall–Kier alpha value is -2.12. The van der Waals surface area contributed by atoms with Crippen LogP contribution >= 0.6 is 0 Å². The van der Waals surface area contributed by atoms with Gasteiger partial charge in [0.1, 0.15) is 5.82 Å². The van der Waals surface area contributed by atoms with Crippen molar-refractivity contribution in [2.45, 2.75) is 51.1 Å². The molecule has 1 aliphatic carbocycles. The van der Waals surface area contributed by atoms with E-state index in [0.29, 0.717) is 5.92 Å². The molecule has 2 fully saturated rings. The summed E-state index contributed by atoms with van der Waals surface area (Å²) in [4.78, 5) is 7.20. The van der Waals surface area contributed by atoms with Gasteiger partial charge in [0.05, 0.1) is 11.6 Å². The molecule has 1 unspecified atom stereocenters. The smallest absolute Gasteiger partial charge is 0.113 e. The van der Waals surface area contributed by atoms with Gasteiger partial charge < -0.3 is 4.57 Å². The molecule has 0 bridgehead atoms. The van der Waals surface area contributed by atoms with Crippen LogP contribution in [0.15, 0.2) is 36.7 Å². The second-order valence-electron chi connectivity index (χ2n) is 7.58. The Kier molecular flexibility index (Phi) is 4.85. The quantitative estimate of drug-likeness (QED) is 0.832. The standard InChI is InChI=1S/C21H26N4/c22-13-18-7-1-2-8-19(18)15-24-11-4-9-20(16-24)21-23-10-12-25(21)14-17-5-3-6-17/h1-2,7-8,10,12,17,20H,3-6,9,11,14-16H2. The molecule has 0 N–H and O–H groups in total. The lowest BCUT2D eigenvalue weighted by molar-refractivity contribution is 0.191. The van der Waals surface area contributed by atoms with Gasteiger partial charge in [-0.3, -0.25) is 4.90 Å². The summed E-state index contributed by atoms with van der Waals surface area (Å²) < 4.78 is 2.40. The topological polar surface area (TPSA) is 44.9 Å². The minimum absolute atomic E-state index is 0.512. The SMILES string of the molecule is N#Cc1ccccc1CN1CCCC(c2nccn2CC2CCC2)C1. The van der Waals surface area contributed by atoms with Crippen molar-refractivity contribution in [1.29, 1.82) is 5.26 Å². The van der Waals surface area contributed by atoms with Crippen LogP contribution in [0.3, 0.4) is 0 Å². The third kappa shape index (κ3) is 3.62. The lowest BCUT2D eigenvalue weighted by Crippen LogP contribution is -2.35. The number of rotatable bonds is 5. The zero-order valence-electron chi connectivity index (χ0n) is 14.8. The van der Waals surface area contributed by atoms with Gasteiger partial charge in [0.25, 0.3) is 0 Å². The molecule has 0 spiro atoms. The first-order chi connectivity index (χ1) is 12.3. The van der Waals surface area contributed by atoms with Gasteiger partial charge in [0.2, 0.25) is 0 Å². The molecule has 1 atom stereocenters. The van der Waals surface area contributed by atoms with Crippen LogP contribution < -0.4 is 0 Å². The lowest BCUT2D eigenvalue weighted by atomic mass is 9.85. The van der Waals surface area contributed by atoms with Crippen LogP contribution in [0, 0.1) is 17.2 Å². The van der Waals surface area contributed by atoms with Gasteiger partial charge in [-0.25, -0.2) is 4.98 Å². The molecule has 2 aliphatic rings. The summed E-state index contributed by atoms with van der Waals surface area (Å²) in [6.45, 7) is 4.16. The minimum Gasteiger partial charge on any atom is -0.334 e. The zero-order valence-corrected chi connectivity index (χ0v) is 14.8. The summed E-state index contributed by atoms with van der Waals surface area (Å²) in [7, 11) is 0. The van der Waals surface area contributed by atoms with Gasteiger partial charge in [0, 0.05) is 37.9 Å². The number of hydrogen-bond acceptors (Lipinski definition) is 3. The summed E-state index contributed by atoms with van der Waals surface area (Å²) in [6, 6.07) is 10.3. The summed E-state index contributed by atoms with van der Waals surface area (Å²) in [5, 5.41) is 9.32. The molecule has 1 aromatic heterocycles. The monoisotopic (exact) mass is 334 g/mol. The van der Waals surface area contributed by atoms with Crippen molar-refractivity contribution in [2.75, 3.05) is 13.1 Å². The normalized spacial score (nSPS) is 21.6. The lowest BCUT2D eigenvalue weighted by Gasteiger charge is -2.33. The number of nitriles is 1. The van der Waals surface area contributed by atoms with Gasteiger partial charge in [-0.2, -0.15) is 5.26 Å². The van der Waals surface area contributed by atoms with E-state index in [4.69, 9.17) is 4.98 Å². The Bertz CT molecular complexity index is 753. The number of likely N-dealkylation sites (tertiary alicyclic amines) is 1. The molecule has 1 aliphatic heterocycles. The zero-order chi connectivity index (χ0) is 17.1. The average Bonchev–Trinajstić information content (AvgIpc) is 3.07. The average molecular weight is 334 g/mol. The van der Waals surface area contributed by atoms with Crippen molar-refractivity contribution in [3.8, 4) is 6.07 Å². The predicted molar refractivity (Wildman–Crippen MR) is 98.0 cm³/mol. The summed E-state index contributed by atoms with van der Waals surface area (Å²) >= 11 is 0. The fourth-order valence-electron chi connectivity index (χ4n) is 4.21. The van der Waals surface area contributed by atoms with Crippen LogP contribution in [0.2, 0.25) is 0 Å². The van der Waals surface area contributed by atoms with E-state index < -0.39 is 0 Å². The van der Waals surface area contributed by atoms with Crippen LogP contribution in [0.4, 0.5) is 0 Å². The molecule has 25 heavy (non-hydrogen) atoms. The molecular formula is C21H26N4. The molecule has 4 rings (SSSR count). The highest BCUT2D eigenvalue weighted by Gasteiger charge is 2.26. The Labute approximate surface area is 150 Å². The van der Waals surface area contributed by atoms with Gasteiger partial charge in [-0.05, 0) is 49.8 Å². The van der Waals surface area contributed by atoms with Crippen molar-refractivity contribution in [2.24, 2.45) is 5.92 Å². The molecule has 2 heterocycles. The Morgan fingerprint density at radius 1 is 1.16 bits per heavy atom. The van der Waals surface area contributed by atoms with E-state index in [-0.39, 0.29) is 0 Å². The number of nitrogens with zero attached hydrogens (tertiary/aromatic N) is 4. The first-order valence-electron chi connectivity index (χ1n) is 9.55. The van der Waals surface area contributed by atoms with Crippen molar-refractivity contribution in [3.63, 3.8) is 0 Å². The van der Waals surface area contributed by atoms with E-state index in [1.165, 1.54) is 37.9 Å². The van der Waals surface area contributed by atoms with E-state index in [2.05, 4.69) is 27.8 Å². The molecule has 4 heteroatoms. The van der Waals surface area contributed by atoms with Crippen molar-refractivity contribution >= 4 is 0 Å². The first kappa shape index (κ1) is 16.4. The number of benzene rings is 1. The molecule has 0 amide bonds. The van der Waals surface area contributed by atoms with Crippen LogP contribution in [-0.2, 0) is 13.1 Å². The molecule has 2 aromatic rings. The number of aromatic nitrogens is 2. The number of hydrogen-bond donors (Lipinski definition) is 0. The second-order valence-corrected chi connectivity index (χ2v) is 7.58. The molecule has 1 saturated carbocycles. The maximum Gasteiger partial charge on any atom is 0.113 e. The molecule has 4 nitrogen and oxygen atoms in total. The van der Waals surface area contributed by atoms with E-state index in [1.54, 1.807) is 0 Å². The van der Waals surface area contributed by atoms with Crippen molar-refractivity contribution < 1.29 is 0 Å². The Morgan fingerprint density at radius 2 is 2.04 bits per heavy atom. The van der Waals surface area contributed by atoms with Crippen LogP contribution in [0.1, 0.15) is 55.0 Å². The maximum atomic E-state index is 9.32. The van der Waals surface area contributed by atoms with Gasteiger partial charge in [-0.15, -0.1) is 0 Å². The molecule has 1 saturated heterocycles. The molecule has 0 radical (unpaired) electrons. The first-order valence-corrected chi connectivity index (χ1v) is 9.55. The molecular weight excluding hydrogens is 308 g/mol. The minimum atomic E-state index is 0.512. The number of imidazole rings is 1. The maximum absolute atomic E-state index is 9.32. The van der Waals surface area contributed by atoms with E-state index >= 15 is 0 Å².